The van der Waals surface area contributed by atoms with Gasteiger partial charge in [-0.3, -0.25) is 13.9 Å². The molecular weight excluding hydrogens is 440 g/mol. The lowest BCUT2D eigenvalue weighted by atomic mass is 10.1. The summed E-state index contributed by atoms with van der Waals surface area (Å²) in [6.45, 7) is 2.71. The largest absolute Gasteiger partial charge is 0.351 e. The maximum Gasteiger partial charge on any atom is 0.264 e. The number of aryl methyl sites for hydroxylation is 1. The molecule has 0 unspecified atom stereocenters. The Labute approximate surface area is 182 Å². The highest BCUT2D eigenvalue weighted by atomic mass is 32.2. The Kier molecular flexibility index (Phi) is 6.51. The van der Waals surface area contributed by atoms with Crippen LogP contribution in [0.15, 0.2) is 53.4 Å². The molecule has 2 aromatic carbocycles. The molecular formula is C21H24N2O6S2. The van der Waals surface area contributed by atoms with Crippen LogP contribution in [0.3, 0.4) is 0 Å². The van der Waals surface area contributed by atoms with Gasteiger partial charge in [0.05, 0.1) is 22.1 Å². The number of nitrogens with zero attached hydrogens (tertiary/aromatic N) is 1. The van der Waals surface area contributed by atoms with Crippen LogP contribution in [0.4, 0.5) is 5.69 Å². The number of rotatable bonds is 7. The number of anilines is 1. The van der Waals surface area contributed by atoms with E-state index in [9.17, 15) is 26.4 Å². The Bertz CT molecular complexity index is 1190. The lowest BCUT2D eigenvalue weighted by Gasteiger charge is -2.25. The van der Waals surface area contributed by atoms with Crippen molar-refractivity contribution >= 4 is 37.2 Å². The fraction of sp³-hybridized carbons (Fsp3) is 0.333. The molecule has 0 saturated carbocycles. The molecule has 1 aliphatic heterocycles. The van der Waals surface area contributed by atoms with Crippen molar-refractivity contribution in [3.8, 4) is 0 Å². The van der Waals surface area contributed by atoms with Gasteiger partial charge in [-0.1, -0.05) is 17.7 Å². The zero-order chi connectivity index (χ0) is 22.8. The number of Topliss-reactive ketones (excluding diaryl/α,β-unsaturated/α-hetero) is 1. The lowest BCUT2D eigenvalue weighted by molar-refractivity contribution is -0.120. The Morgan fingerprint density at radius 2 is 1.68 bits per heavy atom. The van der Waals surface area contributed by atoms with Crippen molar-refractivity contribution < 1.29 is 26.4 Å². The minimum absolute atomic E-state index is 0.00413. The number of hydrogen-bond acceptors (Lipinski definition) is 6. The van der Waals surface area contributed by atoms with Crippen LogP contribution in [-0.2, 0) is 24.7 Å². The summed E-state index contributed by atoms with van der Waals surface area (Å²) in [5.41, 5.74) is 1.52. The van der Waals surface area contributed by atoms with Crippen LogP contribution in [-0.4, -0.2) is 52.6 Å². The van der Waals surface area contributed by atoms with Gasteiger partial charge in [0.15, 0.2) is 15.6 Å². The SMILES string of the molecule is CC(=O)c1ccc(N(CC(=O)N[C@H]2CCS(=O)(=O)C2)S(=O)(=O)c2ccc(C)cc2)cc1. The van der Waals surface area contributed by atoms with Gasteiger partial charge in [0.1, 0.15) is 6.54 Å². The molecule has 1 aliphatic rings. The van der Waals surface area contributed by atoms with E-state index in [1.165, 1.54) is 43.3 Å². The highest BCUT2D eigenvalue weighted by molar-refractivity contribution is 7.93. The fourth-order valence-corrected chi connectivity index (χ4v) is 6.42. The van der Waals surface area contributed by atoms with Gasteiger partial charge in [-0.25, -0.2) is 16.8 Å². The number of carbonyl (C=O) groups is 2. The van der Waals surface area contributed by atoms with Gasteiger partial charge in [-0.05, 0) is 56.7 Å². The Morgan fingerprint density at radius 1 is 1.06 bits per heavy atom. The number of ketones is 1. The number of sulfone groups is 1. The molecule has 3 rings (SSSR count). The van der Waals surface area contributed by atoms with E-state index in [4.69, 9.17) is 0 Å². The highest BCUT2D eigenvalue weighted by Crippen LogP contribution is 2.24. The van der Waals surface area contributed by atoms with Crippen LogP contribution in [0, 0.1) is 6.92 Å². The summed E-state index contributed by atoms with van der Waals surface area (Å²) in [6, 6.07) is 11.6. The molecule has 2 aromatic rings. The molecule has 0 bridgehead atoms. The van der Waals surface area contributed by atoms with E-state index < -0.39 is 38.4 Å². The van der Waals surface area contributed by atoms with Crippen molar-refractivity contribution in [3.63, 3.8) is 0 Å². The van der Waals surface area contributed by atoms with E-state index in [-0.39, 0.29) is 27.9 Å². The summed E-state index contributed by atoms with van der Waals surface area (Å²) in [6.07, 6.45) is 0.298. The molecule has 0 radical (unpaired) electrons. The van der Waals surface area contributed by atoms with Gasteiger partial charge in [0.2, 0.25) is 5.91 Å². The topological polar surface area (TPSA) is 118 Å². The van der Waals surface area contributed by atoms with Crippen LogP contribution in [0.5, 0.6) is 0 Å². The molecule has 0 aliphatic carbocycles. The maximum absolute atomic E-state index is 13.3. The van der Waals surface area contributed by atoms with E-state index in [2.05, 4.69) is 5.32 Å². The predicted molar refractivity (Wildman–Crippen MR) is 117 cm³/mol. The minimum atomic E-state index is -4.09. The molecule has 1 atom stereocenters. The number of amides is 1. The molecule has 10 heteroatoms. The van der Waals surface area contributed by atoms with Gasteiger partial charge in [-0.2, -0.15) is 0 Å². The minimum Gasteiger partial charge on any atom is -0.351 e. The third kappa shape index (κ3) is 5.50. The first-order valence-electron chi connectivity index (χ1n) is 9.68. The monoisotopic (exact) mass is 464 g/mol. The maximum atomic E-state index is 13.3. The summed E-state index contributed by atoms with van der Waals surface area (Å²) in [7, 11) is -7.27. The van der Waals surface area contributed by atoms with Gasteiger partial charge >= 0.3 is 0 Å². The van der Waals surface area contributed by atoms with Crippen molar-refractivity contribution in [1.82, 2.24) is 5.32 Å². The average Bonchev–Trinajstić information content (AvgIpc) is 3.04. The second-order valence-electron chi connectivity index (χ2n) is 7.60. The predicted octanol–water partition coefficient (Wildman–Crippen LogP) is 1.70. The van der Waals surface area contributed by atoms with Crippen LogP contribution in [0.2, 0.25) is 0 Å². The van der Waals surface area contributed by atoms with E-state index in [1.807, 2.05) is 6.92 Å². The smallest absolute Gasteiger partial charge is 0.264 e. The molecule has 1 amide bonds. The fourth-order valence-electron chi connectivity index (χ4n) is 3.33. The van der Waals surface area contributed by atoms with Crippen molar-refractivity contribution in [3.05, 3.63) is 59.7 Å². The van der Waals surface area contributed by atoms with Crippen LogP contribution >= 0.6 is 0 Å². The quantitative estimate of drug-likeness (QED) is 0.623. The second kappa shape index (κ2) is 8.80. The number of benzene rings is 2. The summed E-state index contributed by atoms with van der Waals surface area (Å²) in [5, 5.41) is 2.62. The van der Waals surface area contributed by atoms with Crippen molar-refractivity contribution in [2.24, 2.45) is 0 Å². The lowest BCUT2D eigenvalue weighted by Crippen LogP contribution is -2.44. The van der Waals surface area contributed by atoms with E-state index in [0.717, 1.165) is 9.87 Å². The first-order chi connectivity index (χ1) is 14.5. The van der Waals surface area contributed by atoms with Crippen LogP contribution in [0.1, 0.15) is 29.3 Å². The van der Waals surface area contributed by atoms with Gasteiger partial charge in [0, 0.05) is 11.6 Å². The summed E-state index contributed by atoms with van der Waals surface area (Å²) >= 11 is 0. The van der Waals surface area contributed by atoms with Gasteiger partial charge < -0.3 is 5.32 Å². The van der Waals surface area contributed by atoms with Crippen molar-refractivity contribution in [1.29, 1.82) is 0 Å². The first kappa shape index (κ1) is 23.0. The Hall–Kier alpha value is -2.72. The number of carbonyl (C=O) groups excluding carboxylic acids is 2. The second-order valence-corrected chi connectivity index (χ2v) is 11.7. The Balaban J connectivity index is 1.91. The first-order valence-corrected chi connectivity index (χ1v) is 12.9. The number of nitrogens with one attached hydrogen (secondary N) is 1. The van der Waals surface area contributed by atoms with Crippen LogP contribution in [0.25, 0.3) is 0 Å². The highest BCUT2D eigenvalue weighted by Gasteiger charge is 2.31. The van der Waals surface area contributed by atoms with E-state index in [0.29, 0.717) is 12.0 Å². The number of hydrogen-bond donors (Lipinski definition) is 1. The third-order valence-corrected chi connectivity index (χ3v) is 8.61. The van der Waals surface area contributed by atoms with E-state index >= 15 is 0 Å². The van der Waals surface area contributed by atoms with E-state index in [1.54, 1.807) is 12.1 Å². The zero-order valence-electron chi connectivity index (χ0n) is 17.2. The molecule has 8 nitrogen and oxygen atoms in total. The molecule has 0 spiro atoms. The average molecular weight is 465 g/mol. The molecule has 166 valence electrons. The van der Waals surface area contributed by atoms with Crippen molar-refractivity contribution in [2.45, 2.75) is 31.2 Å². The molecule has 1 fully saturated rings. The summed E-state index contributed by atoms with van der Waals surface area (Å²) in [5.74, 6) is -0.930. The van der Waals surface area contributed by atoms with Gasteiger partial charge in [0.25, 0.3) is 10.0 Å². The summed E-state index contributed by atoms with van der Waals surface area (Å²) < 4.78 is 50.9. The molecule has 1 N–H and O–H groups in total. The van der Waals surface area contributed by atoms with Crippen molar-refractivity contribution in [2.75, 3.05) is 22.4 Å². The van der Waals surface area contributed by atoms with Gasteiger partial charge in [-0.15, -0.1) is 0 Å². The standard InChI is InChI=1S/C21H24N2O6S2/c1-15-3-9-20(10-4-15)31(28,29)23(19-7-5-17(6-8-19)16(2)24)13-21(25)22-18-11-12-30(26,27)14-18/h3-10,18H,11-14H2,1-2H3,(H,22,25)/t18-/m0/s1. The summed E-state index contributed by atoms with van der Waals surface area (Å²) in [4.78, 5) is 24.2. The zero-order valence-corrected chi connectivity index (χ0v) is 18.9. The van der Waals surface area contributed by atoms with Crippen LogP contribution < -0.4 is 9.62 Å². The number of sulfonamides is 1. The molecule has 0 aromatic heterocycles. The molecule has 31 heavy (non-hydrogen) atoms. The third-order valence-electron chi connectivity index (χ3n) is 5.06. The Morgan fingerprint density at radius 3 is 2.19 bits per heavy atom. The molecule has 1 saturated heterocycles. The normalized spacial score (nSPS) is 17.8. The molecule has 1 heterocycles.